The van der Waals surface area contributed by atoms with E-state index in [2.05, 4.69) is 17.4 Å². The number of fused-ring (bicyclic) bond motifs is 2. The van der Waals surface area contributed by atoms with Crippen molar-refractivity contribution in [2.75, 3.05) is 19.8 Å². The monoisotopic (exact) mass is 395 g/mol. The van der Waals surface area contributed by atoms with Crippen molar-refractivity contribution >= 4 is 29.0 Å². The summed E-state index contributed by atoms with van der Waals surface area (Å²) in [5.41, 5.74) is 3.40. The van der Waals surface area contributed by atoms with Gasteiger partial charge in [-0.1, -0.05) is 12.1 Å². The molecule has 7 heteroatoms. The van der Waals surface area contributed by atoms with Crippen molar-refractivity contribution < 1.29 is 23.8 Å². The molecule has 0 aromatic heterocycles. The molecule has 2 amide bonds. The Morgan fingerprint density at radius 2 is 1.86 bits per heavy atom. The average Bonchev–Trinajstić information content (AvgIpc) is 3.01. The number of ether oxygens (including phenoxy) is 3. The number of hydrogen-bond acceptors (Lipinski definition) is 6. The molecule has 1 unspecified atom stereocenters. The summed E-state index contributed by atoms with van der Waals surface area (Å²) in [6, 6.07) is 11.6. The van der Waals surface area contributed by atoms with Crippen molar-refractivity contribution in [3.05, 3.63) is 58.0 Å². The van der Waals surface area contributed by atoms with Crippen LogP contribution in [0.5, 0.6) is 17.2 Å². The Balaban J connectivity index is 1.22. The second kappa shape index (κ2) is 6.91. The first-order valence-corrected chi connectivity index (χ1v) is 9.87. The van der Waals surface area contributed by atoms with Crippen LogP contribution in [-0.2, 0) is 11.2 Å². The molecule has 2 aromatic rings. The van der Waals surface area contributed by atoms with Gasteiger partial charge in [0.25, 0.3) is 11.1 Å². The van der Waals surface area contributed by atoms with Gasteiger partial charge in [0.2, 0.25) is 0 Å². The Morgan fingerprint density at radius 3 is 2.57 bits per heavy atom. The summed E-state index contributed by atoms with van der Waals surface area (Å²) in [6.07, 6.45) is 2.67. The van der Waals surface area contributed by atoms with Crippen LogP contribution in [0.25, 0.3) is 6.08 Å². The third-order valence-electron chi connectivity index (χ3n) is 4.98. The molecule has 2 aliphatic heterocycles. The van der Waals surface area contributed by atoms with Gasteiger partial charge in [-0.25, -0.2) is 0 Å². The van der Waals surface area contributed by atoms with Crippen LogP contribution in [0.1, 0.15) is 22.6 Å². The van der Waals surface area contributed by atoms with Crippen LogP contribution in [0.3, 0.4) is 0 Å². The van der Waals surface area contributed by atoms with E-state index in [1.165, 1.54) is 11.1 Å². The minimum absolute atomic E-state index is 0.338. The Labute approximate surface area is 165 Å². The first-order chi connectivity index (χ1) is 13.7. The van der Waals surface area contributed by atoms with E-state index in [9.17, 15) is 9.59 Å². The van der Waals surface area contributed by atoms with Gasteiger partial charge < -0.3 is 14.2 Å². The summed E-state index contributed by atoms with van der Waals surface area (Å²) in [5.74, 6) is 2.42. The van der Waals surface area contributed by atoms with E-state index in [1.54, 1.807) is 6.08 Å². The maximum Gasteiger partial charge on any atom is 0.290 e. The highest BCUT2D eigenvalue weighted by Crippen LogP contribution is 2.43. The number of hydrogen-bond donors (Lipinski definition) is 1. The highest BCUT2D eigenvalue weighted by molar-refractivity contribution is 8.18. The molecule has 0 saturated carbocycles. The summed E-state index contributed by atoms with van der Waals surface area (Å²) in [5, 5.41) is 1.91. The molecule has 1 atom stereocenters. The van der Waals surface area contributed by atoms with Gasteiger partial charge in [0.1, 0.15) is 19.0 Å². The molecule has 0 bridgehead atoms. The SMILES string of the molecule is O=C1NC(=O)C(=Cc2ccc(OCC3Cc4cc5c(cc43)OCCO5)cc2)S1. The number of amides is 2. The highest BCUT2D eigenvalue weighted by Gasteiger charge is 2.30. The van der Waals surface area contributed by atoms with Crippen molar-refractivity contribution in [1.29, 1.82) is 0 Å². The molecule has 2 heterocycles. The Kier molecular flexibility index (Phi) is 4.24. The third kappa shape index (κ3) is 3.22. The first kappa shape index (κ1) is 17.2. The lowest BCUT2D eigenvalue weighted by molar-refractivity contribution is -0.115. The van der Waals surface area contributed by atoms with Crippen LogP contribution < -0.4 is 19.5 Å². The first-order valence-electron chi connectivity index (χ1n) is 9.06. The number of rotatable bonds is 4. The highest BCUT2D eigenvalue weighted by atomic mass is 32.2. The predicted octanol–water partition coefficient (Wildman–Crippen LogP) is 3.50. The zero-order chi connectivity index (χ0) is 19.1. The molecule has 0 radical (unpaired) electrons. The van der Waals surface area contributed by atoms with Crippen molar-refractivity contribution in [2.45, 2.75) is 12.3 Å². The Bertz CT molecular complexity index is 999. The van der Waals surface area contributed by atoms with Gasteiger partial charge in [-0.3, -0.25) is 14.9 Å². The number of carbonyl (C=O) groups is 2. The predicted molar refractivity (Wildman–Crippen MR) is 105 cm³/mol. The summed E-state index contributed by atoms with van der Waals surface area (Å²) in [7, 11) is 0. The molecule has 1 fully saturated rings. The number of nitrogens with one attached hydrogen (secondary N) is 1. The fourth-order valence-electron chi connectivity index (χ4n) is 3.53. The van der Waals surface area contributed by atoms with Gasteiger partial charge in [-0.15, -0.1) is 0 Å². The van der Waals surface area contributed by atoms with E-state index < -0.39 is 0 Å². The number of benzene rings is 2. The van der Waals surface area contributed by atoms with Gasteiger partial charge in [-0.05, 0) is 65.2 Å². The molecule has 142 valence electrons. The van der Waals surface area contributed by atoms with E-state index >= 15 is 0 Å². The van der Waals surface area contributed by atoms with E-state index in [4.69, 9.17) is 14.2 Å². The topological polar surface area (TPSA) is 73.9 Å². The molecule has 3 aliphatic rings. The third-order valence-corrected chi connectivity index (χ3v) is 5.79. The molecule has 5 rings (SSSR count). The van der Waals surface area contributed by atoms with Crippen LogP contribution in [0, 0.1) is 0 Å². The van der Waals surface area contributed by atoms with Gasteiger partial charge in [-0.2, -0.15) is 0 Å². The maximum atomic E-state index is 11.6. The zero-order valence-corrected chi connectivity index (χ0v) is 15.7. The largest absolute Gasteiger partial charge is 0.493 e. The van der Waals surface area contributed by atoms with Gasteiger partial charge in [0.15, 0.2) is 11.5 Å². The molecule has 1 aliphatic carbocycles. The molecular weight excluding hydrogens is 378 g/mol. The van der Waals surface area contributed by atoms with Crippen molar-refractivity contribution in [2.24, 2.45) is 0 Å². The van der Waals surface area contributed by atoms with E-state index in [-0.39, 0.29) is 11.1 Å². The van der Waals surface area contributed by atoms with Crippen molar-refractivity contribution in [1.82, 2.24) is 5.32 Å². The van der Waals surface area contributed by atoms with Crippen LogP contribution in [0.15, 0.2) is 41.3 Å². The normalized spacial score (nSPS) is 21.1. The summed E-state index contributed by atoms with van der Waals surface area (Å²) >= 11 is 0.912. The number of carbonyl (C=O) groups excluding carboxylic acids is 2. The molecule has 2 aromatic carbocycles. The lowest BCUT2D eigenvalue weighted by atomic mass is 9.77. The second-order valence-electron chi connectivity index (χ2n) is 6.83. The summed E-state index contributed by atoms with van der Waals surface area (Å²) in [4.78, 5) is 23.2. The molecule has 1 saturated heterocycles. The second-order valence-corrected chi connectivity index (χ2v) is 7.84. The Hall–Kier alpha value is -2.93. The maximum absolute atomic E-state index is 11.6. The number of thioether (sulfide) groups is 1. The average molecular weight is 395 g/mol. The fourth-order valence-corrected chi connectivity index (χ4v) is 4.21. The molecule has 0 spiro atoms. The van der Waals surface area contributed by atoms with E-state index in [0.29, 0.717) is 30.6 Å². The minimum atomic E-state index is -0.351. The van der Waals surface area contributed by atoms with Crippen molar-refractivity contribution in [3.63, 3.8) is 0 Å². The van der Waals surface area contributed by atoms with Gasteiger partial charge >= 0.3 is 0 Å². The number of imide groups is 1. The summed E-state index contributed by atoms with van der Waals surface area (Å²) < 4.78 is 17.2. The lowest BCUT2D eigenvalue weighted by Gasteiger charge is -2.32. The van der Waals surface area contributed by atoms with Gasteiger partial charge in [0, 0.05) is 5.92 Å². The molecular formula is C21H17NO5S. The lowest BCUT2D eigenvalue weighted by Crippen LogP contribution is -2.25. The zero-order valence-electron chi connectivity index (χ0n) is 14.9. The Morgan fingerprint density at radius 1 is 1.11 bits per heavy atom. The quantitative estimate of drug-likeness (QED) is 0.799. The van der Waals surface area contributed by atoms with Crippen LogP contribution >= 0.6 is 11.8 Å². The van der Waals surface area contributed by atoms with Gasteiger partial charge in [0.05, 0.1) is 11.5 Å². The van der Waals surface area contributed by atoms with Crippen LogP contribution in [0.2, 0.25) is 0 Å². The van der Waals surface area contributed by atoms with E-state index in [1.807, 2.05) is 24.3 Å². The summed E-state index contributed by atoms with van der Waals surface area (Å²) in [6.45, 7) is 1.79. The smallest absolute Gasteiger partial charge is 0.290 e. The fraction of sp³-hybridized carbons (Fsp3) is 0.238. The van der Waals surface area contributed by atoms with E-state index in [0.717, 1.165) is 41.0 Å². The molecule has 1 N–H and O–H groups in total. The van der Waals surface area contributed by atoms with Crippen LogP contribution in [0.4, 0.5) is 4.79 Å². The van der Waals surface area contributed by atoms with Crippen LogP contribution in [-0.4, -0.2) is 31.0 Å². The molecule has 6 nitrogen and oxygen atoms in total. The van der Waals surface area contributed by atoms with Crippen molar-refractivity contribution in [3.8, 4) is 17.2 Å². The standard InChI is InChI=1S/C21H17NO5S/c23-20-19(28-21(24)22-20)7-12-1-3-15(4-2-12)27-11-14-8-13-9-17-18(10-16(13)14)26-6-5-25-17/h1-4,7,9-10,14H,5-6,8,11H2,(H,22,23,24). The molecule has 28 heavy (non-hydrogen) atoms. The minimum Gasteiger partial charge on any atom is -0.493 e.